The molecule has 19 heavy (non-hydrogen) atoms. The molecular weight excluding hydrogens is 254 g/mol. The lowest BCUT2D eigenvalue weighted by Gasteiger charge is -2.17. The van der Waals surface area contributed by atoms with Gasteiger partial charge in [-0.3, -0.25) is 14.9 Å². The van der Waals surface area contributed by atoms with Crippen LogP contribution in [0.4, 0.5) is 4.79 Å². The number of carboxylic acid groups (broad SMARTS) is 1. The second-order valence-corrected chi connectivity index (χ2v) is 4.81. The third kappa shape index (κ3) is 4.57. The number of amides is 4. The minimum atomic E-state index is -1.12. The van der Waals surface area contributed by atoms with Gasteiger partial charge in [0.15, 0.2) is 0 Å². The van der Waals surface area contributed by atoms with Crippen LogP contribution in [0.1, 0.15) is 26.7 Å². The van der Waals surface area contributed by atoms with Crippen LogP contribution in [0.25, 0.3) is 0 Å². The molecule has 2 atom stereocenters. The quantitative estimate of drug-likeness (QED) is 0.471. The molecule has 1 fully saturated rings. The topological polar surface area (TPSA) is 125 Å². The number of carboxylic acids is 1. The fraction of sp³-hybridized carbons (Fsp3) is 0.636. The summed E-state index contributed by atoms with van der Waals surface area (Å²) in [5, 5.41) is 15.6. The van der Waals surface area contributed by atoms with E-state index < -0.39 is 35.9 Å². The summed E-state index contributed by atoms with van der Waals surface area (Å²) in [4.78, 5) is 44.7. The number of imide groups is 1. The highest BCUT2D eigenvalue weighted by Crippen LogP contribution is 2.06. The molecule has 1 rings (SSSR count). The Hall–Kier alpha value is -2.12. The highest BCUT2D eigenvalue weighted by molar-refractivity contribution is 6.05. The van der Waals surface area contributed by atoms with Crippen LogP contribution >= 0.6 is 0 Å². The molecule has 106 valence electrons. The first-order valence-corrected chi connectivity index (χ1v) is 5.93. The average Bonchev–Trinajstić information content (AvgIpc) is 2.55. The van der Waals surface area contributed by atoms with Crippen LogP contribution in [-0.4, -0.2) is 41.0 Å². The van der Waals surface area contributed by atoms with E-state index in [1.807, 2.05) is 19.2 Å². The standard InChI is InChI=1S/C11H17N3O5/c1-5(2)3-7(10(17)18)12-8(15)4-6-9(16)14-11(19)13-6/h5-7H,3-4H2,1-2H3,(H,12,15)(H,17,18)(H2,13,14,16,19)/t6-,7+/m0/s1. The van der Waals surface area contributed by atoms with Crippen LogP contribution in [-0.2, 0) is 14.4 Å². The molecule has 0 aromatic heterocycles. The molecular formula is C11H17N3O5. The molecule has 1 aliphatic heterocycles. The molecule has 1 aliphatic rings. The van der Waals surface area contributed by atoms with E-state index in [0.29, 0.717) is 6.42 Å². The molecule has 0 aromatic carbocycles. The van der Waals surface area contributed by atoms with Crippen LogP contribution in [0.15, 0.2) is 0 Å². The first kappa shape index (κ1) is 14.9. The van der Waals surface area contributed by atoms with Gasteiger partial charge in [-0.25, -0.2) is 9.59 Å². The summed E-state index contributed by atoms with van der Waals surface area (Å²) in [6.45, 7) is 3.68. The zero-order valence-corrected chi connectivity index (χ0v) is 10.7. The minimum Gasteiger partial charge on any atom is -0.480 e. The van der Waals surface area contributed by atoms with E-state index in [9.17, 15) is 19.2 Å². The van der Waals surface area contributed by atoms with E-state index >= 15 is 0 Å². The Bertz CT molecular complexity index is 407. The van der Waals surface area contributed by atoms with Gasteiger partial charge in [-0.15, -0.1) is 0 Å². The number of carbonyl (C=O) groups excluding carboxylic acids is 3. The molecule has 0 spiro atoms. The number of aliphatic carboxylic acids is 1. The second kappa shape index (κ2) is 6.17. The summed E-state index contributed by atoms with van der Waals surface area (Å²) in [6.07, 6.45) is 0.0176. The normalized spacial score (nSPS) is 19.8. The van der Waals surface area contributed by atoms with Crippen molar-refractivity contribution in [1.29, 1.82) is 0 Å². The summed E-state index contributed by atoms with van der Waals surface area (Å²) in [5.41, 5.74) is 0. The Kier molecular flexibility index (Phi) is 4.85. The van der Waals surface area contributed by atoms with Crippen molar-refractivity contribution in [2.45, 2.75) is 38.8 Å². The molecule has 0 radical (unpaired) electrons. The van der Waals surface area contributed by atoms with Crippen molar-refractivity contribution in [1.82, 2.24) is 16.0 Å². The Morgan fingerprint density at radius 2 is 2.00 bits per heavy atom. The van der Waals surface area contributed by atoms with Crippen molar-refractivity contribution in [3.05, 3.63) is 0 Å². The number of hydrogen-bond donors (Lipinski definition) is 4. The molecule has 1 heterocycles. The average molecular weight is 271 g/mol. The maximum absolute atomic E-state index is 11.6. The predicted octanol–water partition coefficient (Wildman–Crippen LogP) is -0.800. The SMILES string of the molecule is CC(C)C[C@@H](NC(=O)C[C@@H]1NC(=O)NC1=O)C(=O)O. The van der Waals surface area contributed by atoms with E-state index in [1.54, 1.807) is 0 Å². The molecule has 8 heteroatoms. The predicted molar refractivity (Wildman–Crippen MR) is 64.1 cm³/mol. The Labute approximate surface area is 109 Å². The van der Waals surface area contributed by atoms with Gasteiger partial charge in [0.05, 0.1) is 6.42 Å². The molecule has 0 unspecified atom stereocenters. The fourth-order valence-corrected chi connectivity index (χ4v) is 1.73. The lowest BCUT2D eigenvalue weighted by Crippen LogP contribution is -2.44. The number of rotatable bonds is 6. The van der Waals surface area contributed by atoms with Gasteiger partial charge in [0.2, 0.25) is 5.91 Å². The molecule has 0 aromatic rings. The molecule has 0 aliphatic carbocycles. The molecule has 0 saturated carbocycles. The van der Waals surface area contributed by atoms with Crippen LogP contribution in [0.3, 0.4) is 0 Å². The lowest BCUT2D eigenvalue weighted by molar-refractivity contribution is -0.142. The van der Waals surface area contributed by atoms with E-state index in [4.69, 9.17) is 5.11 Å². The van der Waals surface area contributed by atoms with Crippen molar-refractivity contribution in [2.75, 3.05) is 0 Å². The molecule has 0 bridgehead atoms. The van der Waals surface area contributed by atoms with Crippen LogP contribution in [0.2, 0.25) is 0 Å². The highest BCUT2D eigenvalue weighted by Gasteiger charge is 2.32. The number of nitrogens with one attached hydrogen (secondary N) is 3. The van der Waals surface area contributed by atoms with E-state index in [-0.39, 0.29) is 12.3 Å². The summed E-state index contributed by atoms with van der Waals surface area (Å²) in [5.74, 6) is -2.19. The Morgan fingerprint density at radius 1 is 1.37 bits per heavy atom. The van der Waals surface area contributed by atoms with Crippen molar-refractivity contribution in [3.8, 4) is 0 Å². The van der Waals surface area contributed by atoms with Crippen molar-refractivity contribution in [3.63, 3.8) is 0 Å². The van der Waals surface area contributed by atoms with Crippen molar-refractivity contribution < 1.29 is 24.3 Å². The van der Waals surface area contributed by atoms with Gasteiger partial charge in [-0.05, 0) is 12.3 Å². The van der Waals surface area contributed by atoms with E-state index in [0.717, 1.165) is 0 Å². The zero-order valence-electron chi connectivity index (χ0n) is 10.7. The van der Waals surface area contributed by atoms with Gasteiger partial charge in [0.1, 0.15) is 12.1 Å². The van der Waals surface area contributed by atoms with Gasteiger partial charge in [-0.2, -0.15) is 0 Å². The minimum absolute atomic E-state index is 0.107. The zero-order chi connectivity index (χ0) is 14.6. The highest BCUT2D eigenvalue weighted by atomic mass is 16.4. The Balaban J connectivity index is 2.51. The maximum atomic E-state index is 11.6. The second-order valence-electron chi connectivity index (χ2n) is 4.81. The van der Waals surface area contributed by atoms with E-state index in [1.165, 1.54) is 0 Å². The van der Waals surface area contributed by atoms with Gasteiger partial charge in [0.25, 0.3) is 5.91 Å². The largest absolute Gasteiger partial charge is 0.480 e. The molecule has 8 nitrogen and oxygen atoms in total. The first-order valence-electron chi connectivity index (χ1n) is 5.93. The number of hydrogen-bond acceptors (Lipinski definition) is 4. The third-order valence-corrected chi connectivity index (χ3v) is 2.59. The van der Waals surface area contributed by atoms with E-state index in [2.05, 4.69) is 10.6 Å². The summed E-state index contributed by atoms with van der Waals surface area (Å²) in [6, 6.07) is -2.59. The van der Waals surface area contributed by atoms with Crippen molar-refractivity contribution in [2.24, 2.45) is 5.92 Å². The number of carbonyl (C=O) groups is 4. The third-order valence-electron chi connectivity index (χ3n) is 2.59. The summed E-state index contributed by atoms with van der Waals surface area (Å²) in [7, 11) is 0. The fourth-order valence-electron chi connectivity index (χ4n) is 1.73. The van der Waals surface area contributed by atoms with Crippen LogP contribution in [0, 0.1) is 5.92 Å². The smallest absolute Gasteiger partial charge is 0.326 e. The van der Waals surface area contributed by atoms with Gasteiger partial charge >= 0.3 is 12.0 Å². The van der Waals surface area contributed by atoms with Gasteiger partial charge in [0, 0.05) is 0 Å². The van der Waals surface area contributed by atoms with Crippen molar-refractivity contribution >= 4 is 23.8 Å². The Morgan fingerprint density at radius 3 is 2.42 bits per heavy atom. The molecule has 1 saturated heterocycles. The maximum Gasteiger partial charge on any atom is 0.326 e. The monoisotopic (exact) mass is 271 g/mol. The van der Waals surface area contributed by atoms with Crippen LogP contribution in [0.5, 0.6) is 0 Å². The molecule has 4 amide bonds. The van der Waals surface area contributed by atoms with Gasteiger partial charge < -0.3 is 15.7 Å². The van der Waals surface area contributed by atoms with Gasteiger partial charge in [-0.1, -0.05) is 13.8 Å². The summed E-state index contributed by atoms with van der Waals surface area (Å²) >= 11 is 0. The lowest BCUT2D eigenvalue weighted by atomic mass is 10.0. The first-order chi connectivity index (χ1) is 8.79. The number of urea groups is 1. The summed E-state index contributed by atoms with van der Waals surface area (Å²) < 4.78 is 0. The van der Waals surface area contributed by atoms with Crippen LogP contribution < -0.4 is 16.0 Å². The molecule has 4 N–H and O–H groups in total.